The van der Waals surface area contributed by atoms with Crippen molar-refractivity contribution in [3.63, 3.8) is 0 Å². The highest BCUT2D eigenvalue weighted by molar-refractivity contribution is 6.24. The third-order valence-corrected chi connectivity index (χ3v) is 7.89. The molecule has 0 bridgehead atoms. The zero-order valence-corrected chi connectivity index (χ0v) is 21.3. The number of ether oxygens (including phenoxy) is 2. The van der Waals surface area contributed by atoms with E-state index in [1.807, 2.05) is 30.3 Å². The summed E-state index contributed by atoms with van der Waals surface area (Å²) in [4.78, 5) is 33.6. The fourth-order valence-corrected chi connectivity index (χ4v) is 6.00. The minimum absolute atomic E-state index is 0.199. The minimum atomic E-state index is -0.308. The summed E-state index contributed by atoms with van der Waals surface area (Å²) in [6.07, 6.45) is 1.48. The molecular weight excluding hydrogens is 466 g/mol. The van der Waals surface area contributed by atoms with E-state index < -0.39 is 0 Å². The SMILES string of the molecule is COc1cc2c(cc1OC)C(N1C(=O)c3cccc(N4CCN(Cc5ccccc5)CC4)c3C1=O)CC2. The van der Waals surface area contributed by atoms with Crippen molar-refractivity contribution in [2.24, 2.45) is 0 Å². The number of benzene rings is 3. The largest absolute Gasteiger partial charge is 0.493 e. The minimum Gasteiger partial charge on any atom is -0.493 e. The van der Waals surface area contributed by atoms with E-state index in [4.69, 9.17) is 9.47 Å². The normalized spacial score (nSPS) is 19.2. The summed E-state index contributed by atoms with van der Waals surface area (Å²) >= 11 is 0. The second-order valence-electron chi connectivity index (χ2n) is 9.89. The standard InChI is InChI=1S/C30H31N3O4/c1-36-26-17-21-11-12-24(23(21)18-27(26)37-2)33-29(34)22-9-6-10-25(28(22)30(33)35)32-15-13-31(14-16-32)19-20-7-4-3-5-8-20/h3-10,17-18,24H,11-16,19H2,1-2H3. The number of hydrogen-bond acceptors (Lipinski definition) is 6. The van der Waals surface area contributed by atoms with Crippen LogP contribution in [0.3, 0.4) is 0 Å². The molecule has 0 spiro atoms. The Morgan fingerprint density at radius 1 is 0.838 bits per heavy atom. The average molecular weight is 498 g/mol. The summed E-state index contributed by atoms with van der Waals surface area (Å²) in [7, 11) is 3.21. The molecule has 3 aliphatic rings. The zero-order valence-electron chi connectivity index (χ0n) is 21.3. The maximum atomic E-state index is 13.9. The molecule has 0 N–H and O–H groups in total. The number of carbonyl (C=O) groups excluding carboxylic acids is 2. The number of fused-ring (bicyclic) bond motifs is 2. The van der Waals surface area contributed by atoms with Crippen LogP contribution in [0.4, 0.5) is 5.69 Å². The third-order valence-electron chi connectivity index (χ3n) is 7.89. The van der Waals surface area contributed by atoms with Crippen LogP contribution in [0.1, 0.15) is 49.9 Å². The molecule has 190 valence electrons. The Labute approximate surface area is 217 Å². The van der Waals surface area contributed by atoms with E-state index in [0.29, 0.717) is 29.0 Å². The summed E-state index contributed by atoms with van der Waals surface area (Å²) in [5.41, 5.74) is 5.26. The number of methoxy groups -OCH3 is 2. The summed E-state index contributed by atoms with van der Waals surface area (Å²) in [6, 6.07) is 19.7. The molecule has 37 heavy (non-hydrogen) atoms. The smallest absolute Gasteiger partial charge is 0.264 e. The number of hydrogen-bond donors (Lipinski definition) is 0. The third kappa shape index (κ3) is 4.03. The van der Waals surface area contributed by atoms with Gasteiger partial charge in [-0.2, -0.15) is 0 Å². The van der Waals surface area contributed by atoms with E-state index in [1.165, 1.54) is 10.5 Å². The zero-order chi connectivity index (χ0) is 25.5. The van der Waals surface area contributed by atoms with Crippen LogP contribution in [-0.4, -0.2) is 62.0 Å². The molecule has 1 atom stereocenters. The van der Waals surface area contributed by atoms with Crippen LogP contribution in [0.5, 0.6) is 11.5 Å². The van der Waals surface area contributed by atoms with Crippen molar-refractivity contribution in [1.82, 2.24) is 9.80 Å². The average Bonchev–Trinajstić information content (AvgIpc) is 3.45. The lowest BCUT2D eigenvalue weighted by atomic mass is 10.1. The predicted molar refractivity (Wildman–Crippen MR) is 141 cm³/mol. The topological polar surface area (TPSA) is 62.3 Å². The van der Waals surface area contributed by atoms with Crippen LogP contribution in [0.25, 0.3) is 0 Å². The number of imide groups is 1. The van der Waals surface area contributed by atoms with Crippen molar-refractivity contribution < 1.29 is 19.1 Å². The molecule has 0 aromatic heterocycles. The Morgan fingerprint density at radius 3 is 2.30 bits per heavy atom. The molecule has 7 heteroatoms. The van der Waals surface area contributed by atoms with E-state index in [1.54, 1.807) is 20.3 Å². The van der Waals surface area contributed by atoms with Crippen molar-refractivity contribution in [2.45, 2.75) is 25.4 Å². The van der Waals surface area contributed by atoms with Gasteiger partial charge in [-0.3, -0.25) is 19.4 Å². The van der Waals surface area contributed by atoms with Crippen molar-refractivity contribution >= 4 is 17.5 Å². The van der Waals surface area contributed by atoms with Crippen molar-refractivity contribution in [3.05, 3.63) is 88.5 Å². The molecule has 3 aromatic carbocycles. The van der Waals surface area contributed by atoms with Gasteiger partial charge in [-0.05, 0) is 53.8 Å². The molecule has 1 fully saturated rings. The van der Waals surface area contributed by atoms with Gasteiger partial charge in [0.1, 0.15) is 0 Å². The van der Waals surface area contributed by atoms with Gasteiger partial charge in [-0.1, -0.05) is 36.4 Å². The van der Waals surface area contributed by atoms with E-state index in [-0.39, 0.29) is 17.9 Å². The van der Waals surface area contributed by atoms with Crippen LogP contribution in [-0.2, 0) is 13.0 Å². The first kappa shape index (κ1) is 23.6. The molecule has 0 radical (unpaired) electrons. The molecule has 6 rings (SSSR count). The van der Waals surface area contributed by atoms with Gasteiger partial charge >= 0.3 is 0 Å². The molecule has 3 aromatic rings. The maximum Gasteiger partial charge on any atom is 0.264 e. The number of anilines is 1. The fraction of sp³-hybridized carbons (Fsp3) is 0.333. The van der Waals surface area contributed by atoms with E-state index in [0.717, 1.165) is 56.0 Å². The lowest BCUT2D eigenvalue weighted by Crippen LogP contribution is -2.46. The van der Waals surface area contributed by atoms with Crippen LogP contribution in [0.15, 0.2) is 60.7 Å². The highest BCUT2D eigenvalue weighted by Crippen LogP contribution is 2.45. The Kier molecular flexibility index (Phi) is 6.08. The van der Waals surface area contributed by atoms with E-state index in [9.17, 15) is 9.59 Å². The van der Waals surface area contributed by atoms with Crippen molar-refractivity contribution in [2.75, 3.05) is 45.3 Å². The Bertz CT molecular complexity index is 1350. The van der Waals surface area contributed by atoms with Gasteiger partial charge < -0.3 is 14.4 Å². The van der Waals surface area contributed by atoms with Gasteiger partial charge in [0.05, 0.1) is 37.1 Å². The summed E-state index contributed by atoms with van der Waals surface area (Å²) in [5, 5.41) is 0. The van der Waals surface area contributed by atoms with Crippen LogP contribution < -0.4 is 14.4 Å². The van der Waals surface area contributed by atoms with E-state index >= 15 is 0 Å². The van der Waals surface area contributed by atoms with Gasteiger partial charge in [0.15, 0.2) is 11.5 Å². The monoisotopic (exact) mass is 497 g/mol. The van der Waals surface area contributed by atoms with Gasteiger partial charge in [0.2, 0.25) is 0 Å². The number of nitrogens with zero attached hydrogens (tertiary/aromatic N) is 3. The van der Waals surface area contributed by atoms with Crippen molar-refractivity contribution in [3.8, 4) is 11.5 Å². The Morgan fingerprint density at radius 2 is 1.57 bits per heavy atom. The molecule has 2 aliphatic heterocycles. The molecular formula is C30H31N3O4. The number of piperazine rings is 1. The summed E-state index contributed by atoms with van der Waals surface area (Å²) in [6.45, 7) is 4.36. The Hall–Kier alpha value is -3.84. The molecule has 2 heterocycles. The summed E-state index contributed by atoms with van der Waals surface area (Å²) < 4.78 is 11.0. The quantitative estimate of drug-likeness (QED) is 0.473. The molecule has 1 aliphatic carbocycles. The second-order valence-corrected chi connectivity index (χ2v) is 9.89. The van der Waals surface area contributed by atoms with Gasteiger partial charge in [0, 0.05) is 32.7 Å². The van der Waals surface area contributed by atoms with Crippen LogP contribution >= 0.6 is 0 Å². The number of rotatable bonds is 6. The number of aryl methyl sites for hydroxylation is 1. The lowest BCUT2D eigenvalue weighted by molar-refractivity contribution is 0.0582. The maximum absolute atomic E-state index is 13.9. The molecule has 2 amide bonds. The highest BCUT2D eigenvalue weighted by atomic mass is 16.5. The first-order chi connectivity index (χ1) is 18.1. The highest BCUT2D eigenvalue weighted by Gasteiger charge is 2.45. The fourth-order valence-electron chi connectivity index (χ4n) is 6.00. The van der Waals surface area contributed by atoms with E-state index in [2.05, 4.69) is 34.1 Å². The number of amides is 2. The second kappa shape index (κ2) is 9.56. The number of carbonyl (C=O) groups is 2. The Balaban J connectivity index is 1.24. The molecule has 7 nitrogen and oxygen atoms in total. The molecule has 1 unspecified atom stereocenters. The predicted octanol–water partition coefficient (Wildman–Crippen LogP) is 4.31. The van der Waals surface area contributed by atoms with Crippen LogP contribution in [0.2, 0.25) is 0 Å². The first-order valence-electron chi connectivity index (χ1n) is 12.9. The van der Waals surface area contributed by atoms with Gasteiger partial charge in [-0.25, -0.2) is 0 Å². The van der Waals surface area contributed by atoms with Crippen LogP contribution in [0, 0.1) is 0 Å². The van der Waals surface area contributed by atoms with Crippen molar-refractivity contribution in [1.29, 1.82) is 0 Å². The summed E-state index contributed by atoms with van der Waals surface area (Å²) in [5.74, 6) is 0.865. The lowest BCUT2D eigenvalue weighted by Gasteiger charge is -2.36. The molecule has 0 saturated carbocycles. The van der Waals surface area contributed by atoms with Gasteiger partial charge in [-0.15, -0.1) is 0 Å². The first-order valence-corrected chi connectivity index (χ1v) is 12.9. The van der Waals surface area contributed by atoms with Gasteiger partial charge in [0.25, 0.3) is 11.8 Å². The molecule has 1 saturated heterocycles.